The van der Waals surface area contributed by atoms with Crippen LogP contribution >= 0.6 is 35.0 Å². The summed E-state index contributed by atoms with van der Waals surface area (Å²) in [5.74, 6) is -0.700. The number of amides is 1. The van der Waals surface area contributed by atoms with Crippen LogP contribution in [0.15, 0.2) is 41.6 Å². The van der Waals surface area contributed by atoms with Crippen molar-refractivity contribution in [3.05, 3.63) is 52.0 Å². The van der Waals surface area contributed by atoms with Crippen molar-refractivity contribution in [1.29, 1.82) is 0 Å². The van der Waals surface area contributed by atoms with E-state index in [0.29, 0.717) is 16.2 Å². The molecule has 4 rings (SSSR count). The average Bonchev–Trinajstić information content (AvgIpc) is 2.98. The molecule has 0 aliphatic carbocycles. The van der Waals surface area contributed by atoms with Crippen molar-refractivity contribution < 1.29 is 18.0 Å². The van der Waals surface area contributed by atoms with Gasteiger partial charge in [-0.3, -0.25) is 4.79 Å². The maximum atomic E-state index is 12.9. The molecule has 0 fully saturated rings. The normalized spacial score (nSPS) is 11.9. The minimum Gasteiger partial charge on any atom is -0.327 e. The third kappa shape index (κ3) is 4.41. The van der Waals surface area contributed by atoms with Gasteiger partial charge in [-0.15, -0.1) is 10.2 Å². The van der Waals surface area contributed by atoms with Gasteiger partial charge in [0.05, 0.1) is 27.5 Å². The lowest BCUT2D eigenvalue weighted by Crippen LogP contribution is -2.15. The standard InChI is InChI=1S/C19H12Cl2F3N5OS/c1-29-14-5-3-10(20)7-11(14)16-17(29)26-18(28-27-16)31-8-15(30)25-13-6-9(19(22,23)24)2-4-12(13)21/h2-7H,8H2,1H3,(H,25,30). The van der Waals surface area contributed by atoms with Gasteiger partial charge in [0.1, 0.15) is 5.52 Å². The van der Waals surface area contributed by atoms with Gasteiger partial charge in [-0.1, -0.05) is 35.0 Å². The highest BCUT2D eigenvalue weighted by atomic mass is 35.5. The van der Waals surface area contributed by atoms with Gasteiger partial charge in [0.2, 0.25) is 11.1 Å². The maximum Gasteiger partial charge on any atom is 0.416 e. The SMILES string of the molecule is Cn1c2ccc(Cl)cc2c2nnc(SCC(=O)Nc3cc(C(F)(F)F)ccc3Cl)nc21. The quantitative estimate of drug-likeness (QED) is 0.382. The van der Waals surface area contributed by atoms with E-state index in [1.54, 1.807) is 12.1 Å². The zero-order valence-electron chi connectivity index (χ0n) is 15.7. The van der Waals surface area contributed by atoms with E-state index in [9.17, 15) is 18.0 Å². The van der Waals surface area contributed by atoms with E-state index >= 15 is 0 Å². The highest BCUT2D eigenvalue weighted by Crippen LogP contribution is 2.34. The lowest BCUT2D eigenvalue weighted by Gasteiger charge is -2.11. The Kier molecular flexibility index (Phi) is 5.71. The third-order valence-electron chi connectivity index (χ3n) is 4.44. The Morgan fingerprint density at radius 2 is 1.94 bits per heavy atom. The highest BCUT2D eigenvalue weighted by molar-refractivity contribution is 7.99. The first-order chi connectivity index (χ1) is 14.6. The second-order valence-corrected chi connectivity index (χ2v) is 8.30. The molecule has 0 atom stereocenters. The van der Waals surface area contributed by atoms with Crippen molar-refractivity contribution in [2.75, 3.05) is 11.1 Å². The van der Waals surface area contributed by atoms with E-state index < -0.39 is 17.6 Å². The molecule has 0 spiro atoms. The summed E-state index contributed by atoms with van der Waals surface area (Å²) < 4.78 is 40.5. The number of alkyl halides is 3. The predicted molar refractivity (Wildman–Crippen MR) is 115 cm³/mol. The van der Waals surface area contributed by atoms with Crippen LogP contribution in [0.25, 0.3) is 22.1 Å². The van der Waals surface area contributed by atoms with Crippen LogP contribution < -0.4 is 5.32 Å². The van der Waals surface area contributed by atoms with Crippen molar-refractivity contribution in [2.24, 2.45) is 7.05 Å². The molecule has 6 nitrogen and oxygen atoms in total. The zero-order chi connectivity index (χ0) is 22.3. The van der Waals surface area contributed by atoms with Crippen LogP contribution in [0.3, 0.4) is 0 Å². The fraction of sp³-hybridized carbons (Fsp3) is 0.158. The van der Waals surface area contributed by atoms with Gasteiger partial charge in [-0.25, -0.2) is 4.98 Å². The van der Waals surface area contributed by atoms with Gasteiger partial charge in [0.25, 0.3) is 0 Å². The predicted octanol–water partition coefficient (Wildman–Crippen LogP) is 5.57. The summed E-state index contributed by atoms with van der Waals surface area (Å²) in [6, 6.07) is 8.10. The summed E-state index contributed by atoms with van der Waals surface area (Å²) in [5.41, 5.74) is 0.983. The van der Waals surface area contributed by atoms with Crippen molar-refractivity contribution in [3.63, 3.8) is 0 Å². The number of nitrogens with zero attached hydrogens (tertiary/aromatic N) is 4. The molecule has 2 aromatic heterocycles. The van der Waals surface area contributed by atoms with E-state index in [1.165, 1.54) is 0 Å². The first-order valence-electron chi connectivity index (χ1n) is 8.71. The van der Waals surface area contributed by atoms with Crippen molar-refractivity contribution >= 4 is 68.6 Å². The molecular formula is C19H12Cl2F3N5OS. The molecule has 0 saturated heterocycles. The molecule has 0 bridgehead atoms. The summed E-state index contributed by atoms with van der Waals surface area (Å²) in [4.78, 5) is 16.7. The summed E-state index contributed by atoms with van der Waals surface area (Å²) in [6.07, 6.45) is -4.55. The molecule has 0 radical (unpaired) electrons. The number of aryl methyl sites for hydroxylation is 1. The molecular weight excluding hydrogens is 474 g/mol. The van der Waals surface area contributed by atoms with Gasteiger partial charge in [0, 0.05) is 17.5 Å². The van der Waals surface area contributed by atoms with Crippen LogP contribution in [0.1, 0.15) is 5.56 Å². The van der Waals surface area contributed by atoms with E-state index in [0.717, 1.165) is 40.9 Å². The second kappa shape index (κ2) is 8.18. The number of nitrogens with one attached hydrogen (secondary N) is 1. The monoisotopic (exact) mass is 485 g/mol. The number of benzene rings is 2. The van der Waals surface area contributed by atoms with Crippen LogP contribution in [0.2, 0.25) is 10.0 Å². The number of hydrogen-bond acceptors (Lipinski definition) is 5. The number of anilines is 1. The Bertz CT molecular complexity index is 1330. The number of rotatable bonds is 4. The van der Waals surface area contributed by atoms with Gasteiger partial charge in [0.15, 0.2) is 5.65 Å². The lowest BCUT2D eigenvalue weighted by molar-refractivity contribution is -0.137. The van der Waals surface area contributed by atoms with Gasteiger partial charge in [-0.2, -0.15) is 13.2 Å². The molecule has 0 unspecified atom stereocenters. The summed E-state index contributed by atoms with van der Waals surface area (Å²) >= 11 is 13.0. The average molecular weight is 486 g/mol. The molecule has 31 heavy (non-hydrogen) atoms. The minimum absolute atomic E-state index is 0.000141. The Balaban J connectivity index is 1.51. The van der Waals surface area contributed by atoms with Crippen molar-refractivity contribution in [1.82, 2.24) is 19.7 Å². The fourth-order valence-electron chi connectivity index (χ4n) is 2.99. The first-order valence-corrected chi connectivity index (χ1v) is 10.5. The van der Waals surface area contributed by atoms with Crippen molar-refractivity contribution in [3.8, 4) is 0 Å². The summed E-state index contributed by atoms with van der Waals surface area (Å²) in [7, 11) is 1.82. The topological polar surface area (TPSA) is 72.7 Å². The number of halogens is 5. The molecule has 0 aliphatic heterocycles. The minimum atomic E-state index is -4.55. The van der Waals surface area contributed by atoms with E-state index in [4.69, 9.17) is 23.2 Å². The van der Waals surface area contributed by atoms with Crippen LogP contribution in [0, 0.1) is 0 Å². The summed E-state index contributed by atoms with van der Waals surface area (Å²) in [5, 5.41) is 12.2. The molecule has 2 heterocycles. The number of carbonyl (C=O) groups excluding carboxylic acids is 1. The molecule has 0 aliphatic rings. The van der Waals surface area contributed by atoms with E-state index in [-0.39, 0.29) is 21.6 Å². The molecule has 1 amide bonds. The van der Waals surface area contributed by atoms with Gasteiger partial charge >= 0.3 is 6.18 Å². The van der Waals surface area contributed by atoms with Gasteiger partial charge < -0.3 is 9.88 Å². The zero-order valence-corrected chi connectivity index (χ0v) is 18.0. The fourth-order valence-corrected chi connectivity index (χ4v) is 3.91. The summed E-state index contributed by atoms with van der Waals surface area (Å²) in [6.45, 7) is 0. The van der Waals surface area contributed by atoms with Gasteiger partial charge in [-0.05, 0) is 36.4 Å². The van der Waals surface area contributed by atoms with E-state index in [2.05, 4.69) is 20.5 Å². The van der Waals surface area contributed by atoms with Crippen LogP contribution in [-0.2, 0) is 18.0 Å². The highest BCUT2D eigenvalue weighted by Gasteiger charge is 2.31. The second-order valence-electron chi connectivity index (χ2n) is 6.52. The molecule has 1 N–H and O–H groups in total. The maximum absolute atomic E-state index is 12.9. The van der Waals surface area contributed by atoms with Crippen LogP contribution in [0.5, 0.6) is 0 Å². The van der Waals surface area contributed by atoms with E-state index in [1.807, 2.05) is 17.7 Å². The number of aromatic nitrogens is 4. The lowest BCUT2D eigenvalue weighted by atomic mass is 10.2. The van der Waals surface area contributed by atoms with Crippen LogP contribution in [-0.4, -0.2) is 31.4 Å². The molecule has 2 aromatic carbocycles. The largest absolute Gasteiger partial charge is 0.416 e. The number of fused-ring (bicyclic) bond motifs is 3. The molecule has 4 aromatic rings. The molecule has 160 valence electrons. The third-order valence-corrected chi connectivity index (χ3v) is 5.84. The Morgan fingerprint density at radius 1 is 1.16 bits per heavy atom. The Morgan fingerprint density at radius 3 is 2.68 bits per heavy atom. The van der Waals surface area contributed by atoms with Crippen LogP contribution in [0.4, 0.5) is 18.9 Å². The number of carbonyl (C=O) groups is 1. The number of hydrogen-bond donors (Lipinski definition) is 1. The van der Waals surface area contributed by atoms with Crippen molar-refractivity contribution in [2.45, 2.75) is 11.3 Å². The smallest absolute Gasteiger partial charge is 0.327 e. The number of thioether (sulfide) groups is 1. The first kappa shape index (κ1) is 21.7. The molecule has 12 heteroatoms. The Labute approximate surface area is 187 Å². The molecule has 0 saturated carbocycles. The Hall–Kier alpha value is -2.56.